The molecule has 1 aromatic carbocycles. The van der Waals surface area contributed by atoms with Crippen molar-refractivity contribution < 1.29 is 4.74 Å². The second-order valence-corrected chi connectivity index (χ2v) is 5.87. The Morgan fingerprint density at radius 2 is 1.60 bits per heavy atom. The van der Waals surface area contributed by atoms with Crippen LogP contribution in [0.3, 0.4) is 0 Å². The Labute approximate surface area is 128 Å². The van der Waals surface area contributed by atoms with Crippen LogP contribution in [0.2, 0.25) is 5.02 Å². The number of halogens is 1. The van der Waals surface area contributed by atoms with E-state index >= 15 is 0 Å². The molecule has 0 radical (unpaired) electrons. The fourth-order valence-corrected chi connectivity index (χ4v) is 2.31. The van der Waals surface area contributed by atoms with Gasteiger partial charge in [0.2, 0.25) is 0 Å². The maximum Gasteiger partial charge on any atom is 0.119 e. The van der Waals surface area contributed by atoms with E-state index in [9.17, 15) is 0 Å². The van der Waals surface area contributed by atoms with Gasteiger partial charge in [-0.3, -0.25) is 0 Å². The Morgan fingerprint density at radius 1 is 1.00 bits per heavy atom. The number of hydrogen-bond donors (Lipinski definition) is 1. The topological polar surface area (TPSA) is 35.2 Å². The third kappa shape index (κ3) is 8.44. The van der Waals surface area contributed by atoms with Gasteiger partial charge in [-0.2, -0.15) is 0 Å². The van der Waals surface area contributed by atoms with Crippen LogP contribution >= 0.6 is 11.6 Å². The molecule has 20 heavy (non-hydrogen) atoms. The van der Waals surface area contributed by atoms with Gasteiger partial charge in [0.15, 0.2) is 0 Å². The van der Waals surface area contributed by atoms with E-state index < -0.39 is 0 Å². The smallest absolute Gasteiger partial charge is 0.119 e. The van der Waals surface area contributed by atoms with E-state index in [1.54, 1.807) is 0 Å². The van der Waals surface area contributed by atoms with E-state index in [1.807, 2.05) is 24.3 Å². The van der Waals surface area contributed by atoms with Crippen LogP contribution in [-0.4, -0.2) is 12.6 Å². The minimum atomic E-state index is 0.126. The summed E-state index contributed by atoms with van der Waals surface area (Å²) < 4.78 is 5.65. The number of hydrogen-bond acceptors (Lipinski definition) is 2. The number of benzene rings is 1. The Kier molecular flexibility index (Phi) is 9.52. The third-order valence-electron chi connectivity index (χ3n) is 3.46. The minimum Gasteiger partial charge on any atom is -0.492 e. The van der Waals surface area contributed by atoms with E-state index in [-0.39, 0.29) is 6.04 Å². The van der Waals surface area contributed by atoms with E-state index in [2.05, 4.69) is 6.92 Å². The second kappa shape index (κ2) is 11.0. The van der Waals surface area contributed by atoms with Crippen molar-refractivity contribution in [2.75, 3.05) is 6.61 Å². The molecule has 1 atom stereocenters. The highest BCUT2D eigenvalue weighted by atomic mass is 35.5. The molecule has 0 heterocycles. The molecular weight excluding hydrogens is 270 g/mol. The summed E-state index contributed by atoms with van der Waals surface area (Å²) in [6.07, 6.45) is 10.3. The molecule has 2 nitrogen and oxygen atoms in total. The molecule has 0 aliphatic rings. The van der Waals surface area contributed by atoms with Crippen LogP contribution in [-0.2, 0) is 0 Å². The molecule has 0 fully saturated rings. The van der Waals surface area contributed by atoms with E-state index in [4.69, 9.17) is 22.1 Å². The molecule has 3 heteroatoms. The van der Waals surface area contributed by atoms with Crippen LogP contribution in [0, 0.1) is 0 Å². The SMILES string of the molecule is CCCCCCCCCC(N)COc1ccc(Cl)cc1. The van der Waals surface area contributed by atoms with Crippen molar-refractivity contribution in [2.24, 2.45) is 5.73 Å². The Hall–Kier alpha value is -0.730. The molecule has 1 aromatic rings. The van der Waals surface area contributed by atoms with Crippen molar-refractivity contribution in [3.05, 3.63) is 29.3 Å². The van der Waals surface area contributed by atoms with Crippen molar-refractivity contribution in [3.8, 4) is 5.75 Å². The lowest BCUT2D eigenvalue weighted by molar-refractivity contribution is 0.279. The van der Waals surface area contributed by atoms with Gasteiger partial charge >= 0.3 is 0 Å². The zero-order chi connectivity index (χ0) is 14.6. The lowest BCUT2D eigenvalue weighted by atomic mass is 10.1. The van der Waals surface area contributed by atoms with Gasteiger partial charge < -0.3 is 10.5 Å². The molecule has 0 amide bonds. The summed E-state index contributed by atoms with van der Waals surface area (Å²) in [6, 6.07) is 7.55. The van der Waals surface area contributed by atoms with Crippen LogP contribution in [0.4, 0.5) is 0 Å². The van der Waals surface area contributed by atoms with Crippen molar-refractivity contribution >= 4 is 11.6 Å². The standard InChI is InChI=1S/C17H28ClNO/c1-2-3-4-5-6-7-8-9-16(19)14-20-17-12-10-15(18)11-13-17/h10-13,16H,2-9,14,19H2,1H3. The van der Waals surface area contributed by atoms with Gasteiger partial charge in [0.25, 0.3) is 0 Å². The normalized spacial score (nSPS) is 12.3. The Morgan fingerprint density at radius 3 is 2.25 bits per heavy atom. The number of ether oxygens (including phenoxy) is 1. The van der Waals surface area contributed by atoms with Crippen molar-refractivity contribution in [3.63, 3.8) is 0 Å². The summed E-state index contributed by atoms with van der Waals surface area (Å²) in [6.45, 7) is 2.83. The number of nitrogens with two attached hydrogens (primary N) is 1. The van der Waals surface area contributed by atoms with Gasteiger partial charge in [-0.1, -0.05) is 63.5 Å². The zero-order valence-electron chi connectivity index (χ0n) is 12.6. The first kappa shape index (κ1) is 17.3. The third-order valence-corrected chi connectivity index (χ3v) is 3.71. The molecule has 114 valence electrons. The van der Waals surface area contributed by atoms with E-state index in [0.717, 1.165) is 17.2 Å². The first-order chi connectivity index (χ1) is 9.72. The molecule has 0 spiro atoms. The summed E-state index contributed by atoms with van der Waals surface area (Å²) in [7, 11) is 0. The van der Waals surface area contributed by atoms with Gasteiger partial charge in [-0.05, 0) is 30.7 Å². The lowest BCUT2D eigenvalue weighted by Gasteiger charge is -2.13. The van der Waals surface area contributed by atoms with Crippen molar-refractivity contribution in [2.45, 2.75) is 64.3 Å². The minimum absolute atomic E-state index is 0.126. The summed E-state index contributed by atoms with van der Waals surface area (Å²) in [5.74, 6) is 0.837. The van der Waals surface area contributed by atoms with Crippen LogP contribution in [0.1, 0.15) is 58.3 Å². The molecule has 1 rings (SSSR count). The van der Waals surface area contributed by atoms with Crippen LogP contribution in [0.15, 0.2) is 24.3 Å². The monoisotopic (exact) mass is 297 g/mol. The zero-order valence-corrected chi connectivity index (χ0v) is 13.4. The fraction of sp³-hybridized carbons (Fsp3) is 0.647. The van der Waals surface area contributed by atoms with Crippen molar-refractivity contribution in [1.82, 2.24) is 0 Å². The van der Waals surface area contributed by atoms with Gasteiger partial charge in [-0.15, -0.1) is 0 Å². The summed E-state index contributed by atoms with van der Waals surface area (Å²) >= 11 is 5.82. The fourth-order valence-electron chi connectivity index (χ4n) is 2.18. The van der Waals surface area contributed by atoms with Crippen LogP contribution in [0.5, 0.6) is 5.75 Å². The molecule has 0 bridgehead atoms. The summed E-state index contributed by atoms with van der Waals surface area (Å²) in [4.78, 5) is 0. The van der Waals surface area contributed by atoms with E-state index in [1.165, 1.54) is 44.9 Å². The van der Waals surface area contributed by atoms with Crippen LogP contribution < -0.4 is 10.5 Å². The van der Waals surface area contributed by atoms with Gasteiger partial charge in [0, 0.05) is 11.1 Å². The molecule has 2 N–H and O–H groups in total. The Bertz CT molecular complexity index is 339. The van der Waals surface area contributed by atoms with E-state index in [0.29, 0.717) is 6.61 Å². The molecule has 0 aromatic heterocycles. The van der Waals surface area contributed by atoms with Crippen LogP contribution in [0.25, 0.3) is 0 Å². The first-order valence-electron chi connectivity index (χ1n) is 7.86. The number of unbranched alkanes of at least 4 members (excludes halogenated alkanes) is 6. The maximum absolute atomic E-state index is 6.06. The highest BCUT2D eigenvalue weighted by Crippen LogP contribution is 2.16. The molecule has 1 unspecified atom stereocenters. The average Bonchev–Trinajstić information content (AvgIpc) is 2.46. The van der Waals surface area contributed by atoms with Gasteiger partial charge in [0.05, 0.1) is 0 Å². The quantitative estimate of drug-likeness (QED) is 0.571. The summed E-state index contributed by atoms with van der Waals surface area (Å²) in [5.41, 5.74) is 6.06. The van der Waals surface area contributed by atoms with Gasteiger partial charge in [0.1, 0.15) is 12.4 Å². The first-order valence-corrected chi connectivity index (χ1v) is 8.24. The largest absolute Gasteiger partial charge is 0.492 e. The average molecular weight is 298 g/mol. The second-order valence-electron chi connectivity index (χ2n) is 5.43. The molecular formula is C17H28ClNO. The molecule has 0 saturated carbocycles. The highest BCUT2D eigenvalue weighted by Gasteiger charge is 2.03. The van der Waals surface area contributed by atoms with Crippen molar-refractivity contribution in [1.29, 1.82) is 0 Å². The highest BCUT2D eigenvalue weighted by molar-refractivity contribution is 6.30. The van der Waals surface area contributed by atoms with Gasteiger partial charge in [-0.25, -0.2) is 0 Å². The summed E-state index contributed by atoms with van der Waals surface area (Å²) in [5, 5.41) is 0.727. The number of rotatable bonds is 11. The molecule has 0 saturated heterocycles. The lowest BCUT2D eigenvalue weighted by Crippen LogP contribution is -2.27. The predicted octanol–water partition coefficient (Wildman–Crippen LogP) is 5.19. The molecule has 0 aliphatic carbocycles. The molecule has 0 aliphatic heterocycles. The predicted molar refractivity (Wildman–Crippen MR) is 87.5 cm³/mol. The maximum atomic E-state index is 6.06. The Balaban J connectivity index is 2.00.